The van der Waals surface area contributed by atoms with E-state index in [1.165, 1.54) is 25.8 Å². The van der Waals surface area contributed by atoms with E-state index >= 15 is 0 Å². The third kappa shape index (κ3) is 3.58. The summed E-state index contributed by atoms with van der Waals surface area (Å²) in [6.45, 7) is 9.98. The molecule has 2 saturated heterocycles. The van der Waals surface area contributed by atoms with Gasteiger partial charge in [-0.3, -0.25) is 14.6 Å². The van der Waals surface area contributed by atoms with Gasteiger partial charge in [-0.25, -0.2) is 0 Å². The number of piperazine rings is 1. The number of likely N-dealkylation sites (N-methyl/N-ethyl adjacent to an activating group) is 1. The summed E-state index contributed by atoms with van der Waals surface area (Å²) < 4.78 is 0. The van der Waals surface area contributed by atoms with Crippen LogP contribution in [0.15, 0.2) is 0 Å². The van der Waals surface area contributed by atoms with Crippen LogP contribution in [0.2, 0.25) is 0 Å². The van der Waals surface area contributed by atoms with Crippen LogP contribution < -0.4 is 11.1 Å². The lowest BCUT2D eigenvalue weighted by Crippen LogP contribution is -2.62. The molecule has 2 aliphatic heterocycles. The highest BCUT2D eigenvalue weighted by atomic mass is 16.1. The number of carbonyl (C=O) groups excluding carboxylic acids is 1. The molecule has 21 heavy (non-hydrogen) atoms. The molecule has 0 saturated carbocycles. The number of piperidine rings is 1. The summed E-state index contributed by atoms with van der Waals surface area (Å²) in [5.41, 5.74) is 4.95. The van der Waals surface area contributed by atoms with E-state index in [4.69, 9.17) is 5.73 Å². The van der Waals surface area contributed by atoms with Crippen molar-refractivity contribution in [3.05, 3.63) is 0 Å². The van der Waals surface area contributed by atoms with E-state index in [1.807, 2.05) is 14.0 Å². The Morgan fingerprint density at radius 1 is 1.43 bits per heavy atom. The van der Waals surface area contributed by atoms with Crippen molar-refractivity contribution in [3.63, 3.8) is 0 Å². The largest absolute Gasteiger partial charge is 0.368 e. The summed E-state index contributed by atoms with van der Waals surface area (Å²) in [6.07, 6.45) is 4.77. The quantitative estimate of drug-likeness (QED) is 0.787. The van der Waals surface area contributed by atoms with Crippen LogP contribution in [0.4, 0.5) is 0 Å². The fraction of sp³-hybridized carbons (Fsp3) is 0.938. The number of nitrogens with zero attached hydrogens (tertiary/aromatic N) is 2. The molecule has 2 heterocycles. The predicted molar refractivity (Wildman–Crippen MR) is 86.1 cm³/mol. The molecule has 5 heteroatoms. The van der Waals surface area contributed by atoms with Gasteiger partial charge in [0.25, 0.3) is 0 Å². The van der Waals surface area contributed by atoms with Crippen LogP contribution in [0.5, 0.6) is 0 Å². The fourth-order valence-corrected chi connectivity index (χ4v) is 4.02. The second-order valence-electron chi connectivity index (χ2n) is 7.19. The number of nitrogens with two attached hydrogens (primary N) is 1. The summed E-state index contributed by atoms with van der Waals surface area (Å²) in [6, 6.07) is 1.60. The average molecular weight is 296 g/mol. The maximum Gasteiger partial charge on any atom is 0.237 e. The summed E-state index contributed by atoms with van der Waals surface area (Å²) in [5.74, 6) is -0.263. The molecule has 2 rings (SSSR count). The van der Waals surface area contributed by atoms with Gasteiger partial charge in [-0.15, -0.1) is 0 Å². The number of hydrogen-bond acceptors (Lipinski definition) is 4. The van der Waals surface area contributed by atoms with Crippen molar-refractivity contribution in [2.75, 3.05) is 26.7 Å². The molecular weight excluding hydrogens is 264 g/mol. The molecule has 3 N–H and O–H groups in total. The summed E-state index contributed by atoms with van der Waals surface area (Å²) in [5, 5.41) is 3.11. The smallest absolute Gasteiger partial charge is 0.237 e. The van der Waals surface area contributed by atoms with Crippen molar-refractivity contribution in [1.82, 2.24) is 15.1 Å². The van der Waals surface area contributed by atoms with Gasteiger partial charge in [-0.05, 0) is 53.6 Å². The number of amides is 1. The predicted octanol–water partition coefficient (Wildman–Crippen LogP) is 0.787. The molecular formula is C16H32N4O. The van der Waals surface area contributed by atoms with Gasteiger partial charge >= 0.3 is 0 Å². The topological polar surface area (TPSA) is 61.6 Å². The van der Waals surface area contributed by atoms with Gasteiger partial charge in [0, 0.05) is 31.2 Å². The summed E-state index contributed by atoms with van der Waals surface area (Å²) in [7, 11) is 1.82. The van der Waals surface area contributed by atoms with Crippen molar-refractivity contribution in [2.45, 2.75) is 70.1 Å². The van der Waals surface area contributed by atoms with Crippen molar-refractivity contribution < 1.29 is 4.79 Å². The Kier molecular flexibility index (Phi) is 5.28. The third-order valence-electron chi connectivity index (χ3n) is 5.60. The number of hydrogen-bond donors (Lipinski definition) is 2. The molecule has 0 radical (unpaired) electrons. The van der Waals surface area contributed by atoms with Gasteiger partial charge in [-0.1, -0.05) is 6.42 Å². The zero-order valence-corrected chi connectivity index (χ0v) is 14.1. The zero-order chi connectivity index (χ0) is 15.6. The third-order valence-corrected chi connectivity index (χ3v) is 5.60. The highest BCUT2D eigenvalue weighted by Gasteiger charge is 2.38. The molecule has 0 aliphatic carbocycles. The first-order valence-electron chi connectivity index (χ1n) is 8.36. The molecule has 0 aromatic rings. The Bertz CT molecular complexity index is 375. The van der Waals surface area contributed by atoms with Crippen LogP contribution in [0.1, 0.15) is 46.5 Å². The van der Waals surface area contributed by atoms with Gasteiger partial charge < -0.3 is 11.1 Å². The zero-order valence-electron chi connectivity index (χ0n) is 14.1. The molecule has 0 aromatic carbocycles. The second kappa shape index (κ2) is 6.63. The molecule has 122 valence electrons. The van der Waals surface area contributed by atoms with Crippen LogP contribution in [-0.2, 0) is 4.79 Å². The minimum absolute atomic E-state index is 0.263. The molecule has 0 spiro atoms. The van der Waals surface area contributed by atoms with Gasteiger partial charge in [-0.2, -0.15) is 0 Å². The molecule has 0 aromatic heterocycles. The maximum absolute atomic E-state index is 11.7. The highest BCUT2D eigenvalue weighted by molar-refractivity contribution is 5.84. The van der Waals surface area contributed by atoms with Crippen LogP contribution in [0.25, 0.3) is 0 Å². The van der Waals surface area contributed by atoms with Crippen LogP contribution in [-0.4, -0.2) is 66.1 Å². The van der Waals surface area contributed by atoms with Gasteiger partial charge in [0.1, 0.15) is 0 Å². The second-order valence-corrected chi connectivity index (χ2v) is 7.19. The standard InChI is InChI=1S/C16H32N4O/c1-12(9-16(3,18-4)15(17)21)20-11-14-7-5-6-8-19(14)10-13(20)2/h12-14,18H,5-11H2,1-4H3,(H2,17,21). The van der Waals surface area contributed by atoms with Gasteiger partial charge in [0.2, 0.25) is 5.91 Å². The first-order valence-corrected chi connectivity index (χ1v) is 8.36. The molecule has 0 bridgehead atoms. The minimum atomic E-state index is -0.622. The monoisotopic (exact) mass is 296 g/mol. The molecule has 1 amide bonds. The van der Waals surface area contributed by atoms with E-state index in [-0.39, 0.29) is 5.91 Å². The van der Waals surface area contributed by atoms with E-state index in [0.717, 1.165) is 19.5 Å². The Morgan fingerprint density at radius 2 is 2.14 bits per heavy atom. The first-order chi connectivity index (χ1) is 9.87. The maximum atomic E-state index is 11.7. The highest BCUT2D eigenvalue weighted by Crippen LogP contribution is 2.27. The van der Waals surface area contributed by atoms with E-state index in [9.17, 15) is 4.79 Å². The summed E-state index contributed by atoms with van der Waals surface area (Å²) in [4.78, 5) is 16.9. The molecule has 2 aliphatic rings. The normalized spacial score (nSPS) is 32.2. The fourth-order valence-electron chi connectivity index (χ4n) is 4.02. The SMILES string of the molecule is CNC(C)(CC(C)N1CC2CCCCN2CC1C)C(N)=O. The lowest BCUT2D eigenvalue weighted by atomic mass is 9.89. The number of fused-ring (bicyclic) bond motifs is 1. The lowest BCUT2D eigenvalue weighted by Gasteiger charge is -2.50. The Labute approximate surface area is 129 Å². The number of carbonyl (C=O) groups is 1. The number of rotatable bonds is 5. The van der Waals surface area contributed by atoms with Crippen molar-refractivity contribution >= 4 is 5.91 Å². The Hall–Kier alpha value is -0.650. The van der Waals surface area contributed by atoms with Crippen LogP contribution in [0.3, 0.4) is 0 Å². The van der Waals surface area contributed by atoms with Crippen molar-refractivity contribution in [1.29, 1.82) is 0 Å². The molecule has 2 fully saturated rings. The van der Waals surface area contributed by atoms with E-state index in [1.54, 1.807) is 0 Å². The van der Waals surface area contributed by atoms with Gasteiger partial charge in [0.05, 0.1) is 5.54 Å². The van der Waals surface area contributed by atoms with Crippen LogP contribution >= 0.6 is 0 Å². The Balaban J connectivity index is 2.01. The molecule has 4 atom stereocenters. The van der Waals surface area contributed by atoms with E-state index in [0.29, 0.717) is 18.1 Å². The lowest BCUT2D eigenvalue weighted by molar-refractivity contribution is -0.124. The first kappa shape index (κ1) is 16.7. The van der Waals surface area contributed by atoms with Gasteiger partial charge in [0.15, 0.2) is 0 Å². The minimum Gasteiger partial charge on any atom is -0.368 e. The van der Waals surface area contributed by atoms with E-state index in [2.05, 4.69) is 29.0 Å². The molecule has 5 nitrogen and oxygen atoms in total. The number of nitrogens with one attached hydrogen (secondary N) is 1. The van der Waals surface area contributed by atoms with E-state index < -0.39 is 5.54 Å². The summed E-state index contributed by atoms with van der Waals surface area (Å²) >= 11 is 0. The average Bonchev–Trinajstić information content (AvgIpc) is 2.46. The number of primary amides is 1. The Morgan fingerprint density at radius 3 is 2.76 bits per heavy atom. The van der Waals surface area contributed by atoms with Crippen LogP contribution in [0, 0.1) is 0 Å². The van der Waals surface area contributed by atoms with Crippen molar-refractivity contribution in [3.8, 4) is 0 Å². The molecule has 4 unspecified atom stereocenters. The van der Waals surface area contributed by atoms with Crippen molar-refractivity contribution in [2.24, 2.45) is 5.73 Å².